The van der Waals surface area contributed by atoms with Crippen molar-refractivity contribution in [1.82, 2.24) is 0 Å². The topological polar surface area (TPSA) is 43.1 Å². The Morgan fingerprint density at radius 1 is 1.06 bits per heavy atom. The van der Waals surface area contributed by atoms with E-state index in [2.05, 4.69) is 0 Å². The van der Waals surface area contributed by atoms with Crippen LogP contribution in [0.15, 0.2) is 54.6 Å². The summed E-state index contributed by atoms with van der Waals surface area (Å²) in [5.41, 5.74) is 2.13. The zero-order chi connectivity index (χ0) is 13.0. The fraction of sp³-hybridized carbons (Fsp3) is 0.143. The summed E-state index contributed by atoms with van der Waals surface area (Å²) in [6.07, 6.45) is 0.709. The highest BCUT2D eigenvalue weighted by Gasteiger charge is 2.11. The van der Waals surface area contributed by atoms with Crippen LogP contribution in [0.4, 0.5) is 5.69 Å². The smallest absolute Gasteiger partial charge is 0.258 e. The Balaban J connectivity index is 2.09. The Bertz CT molecular complexity index is 525. The van der Waals surface area contributed by atoms with Gasteiger partial charge in [0.05, 0.1) is 10.3 Å². The van der Waals surface area contributed by atoms with Crippen molar-refractivity contribution in [2.45, 2.75) is 11.8 Å². The molecule has 0 aliphatic rings. The van der Waals surface area contributed by atoms with Gasteiger partial charge in [-0.25, -0.2) is 0 Å². The molecule has 2 rings (SSSR count). The maximum Gasteiger partial charge on any atom is 0.269 e. The predicted molar refractivity (Wildman–Crippen MR) is 71.8 cm³/mol. The SMILES string of the molecule is O=[N+]([O-])c1ccc(C(Cl)Cc2ccccc2)cc1. The molecule has 0 amide bonds. The second-order valence-electron chi connectivity index (χ2n) is 4.01. The molecule has 0 aliphatic carbocycles. The van der Waals surface area contributed by atoms with Crippen molar-refractivity contribution in [3.8, 4) is 0 Å². The second kappa shape index (κ2) is 5.65. The lowest BCUT2D eigenvalue weighted by Crippen LogP contribution is -1.96. The summed E-state index contributed by atoms with van der Waals surface area (Å²) in [6, 6.07) is 16.3. The van der Waals surface area contributed by atoms with Gasteiger partial charge in [0.15, 0.2) is 0 Å². The molecule has 1 atom stereocenters. The quantitative estimate of drug-likeness (QED) is 0.472. The maximum absolute atomic E-state index is 10.5. The van der Waals surface area contributed by atoms with E-state index in [0.717, 1.165) is 11.1 Å². The molecule has 2 aromatic carbocycles. The van der Waals surface area contributed by atoms with Gasteiger partial charge in [-0.1, -0.05) is 42.5 Å². The van der Waals surface area contributed by atoms with Gasteiger partial charge < -0.3 is 0 Å². The van der Waals surface area contributed by atoms with Gasteiger partial charge in [0.25, 0.3) is 5.69 Å². The molecule has 0 radical (unpaired) electrons. The van der Waals surface area contributed by atoms with Gasteiger partial charge in [-0.2, -0.15) is 0 Å². The highest BCUT2D eigenvalue weighted by atomic mass is 35.5. The number of nitro groups is 1. The highest BCUT2D eigenvalue weighted by Crippen LogP contribution is 2.26. The van der Waals surface area contributed by atoms with Crippen molar-refractivity contribution in [1.29, 1.82) is 0 Å². The van der Waals surface area contributed by atoms with Gasteiger partial charge in [-0.05, 0) is 17.5 Å². The van der Waals surface area contributed by atoms with E-state index in [4.69, 9.17) is 11.6 Å². The number of nitro benzene ring substituents is 1. The molecule has 0 N–H and O–H groups in total. The number of hydrogen-bond donors (Lipinski definition) is 0. The molecule has 18 heavy (non-hydrogen) atoms. The van der Waals surface area contributed by atoms with Crippen LogP contribution in [-0.2, 0) is 6.42 Å². The Labute approximate surface area is 110 Å². The molecular formula is C14H12ClNO2. The number of rotatable bonds is 4. The number of non-ortho nitro benzene ring substituents is 1. The Hall–Kier alpha value is -1.87. The van der Waals surface area contributed by atoms with Gasteiger partial charge >= 0.3 is 0 Å². The summed E-state index contributed by atoms with van der Waals surface area (Å²) in [5, 5.41) is 10.4. The maximum atomic E-state index is 10.5. The molecule has 4 heteroatoms. The van der Waals surface area contributed by atoms with E-state index in [1.165, 1.54) is 12.1 Å². The van der Waals surface area contributed by atoms with Crippen LogP contribution in [0.2, 0.25) is 0 Å². The van der Waals surface area contributed by atoms with Gasteiger partial charge in [0.1, 0.15) is 0 Å². The van der Waals surface area contributed by atoms with E-state index >= 15 is 0 Å². The zero-order valence-electron chi connectivity index (χ0n) is 9.62. The second-order valence-corrected chi connectivity index (χ2v) is 4.53. The van der Waals surface area contributed by atoms with Crippen LogP contribution in [0.25, 0.3) is 0 Å². The van der Waals surface area contributed by atoms with Gasteiger partial charge in [-0.3, -0.25) is 10.1 Å². The normalized spacial score (nSPS) is 12.1. The van der Waals surface area contributed by atoms with Gasteiger partial charge in [0, 0.05) is 12.1 Å². The number of halogens is 1. The molecule has 0 aromatic heterocycles. The number of alkyl halides is 1. The lowest BCUT2D eigenvalue weighted by molar-refractivity contribution is -0.384. The van der Waals surface area contributed by atoms with Crippen LogP contribution >= 0.6 is 11.6 Å². The molecule has 0 saturated carbocycles. The first-order chi connectivity index (χ1) is 8.66. The molecule has 0 bridgehead atoms. The highest BCUT2D eigenvalue weighted by molar-refractivity contribution is 6.20. The van der Waals surface area contributed by atoms with Gasteiger partial charge in [0.2, 0.25) is 0 Å². The molecule has 0 heterocycles. The van der Waals surface area contributed by atoms with Crippen LogP contribution in [0, 0.1) is 10.1 Å². The molecular weight excluding hydrogens is 250 g/mol. The average molecular weight is 262 g/mol. The van der Waals surface area contributed by atoms with E-state index in [1.54, 1.807) is 12.1 Å². The van der Waals surface area contributed by atoms with Crippen molar-refractivity contribution in [3.63, 3.8) is 0 Å². The predicted octanol–water partition coefficient (Wildman–Crippen LogP) is 4.12. The summed E-state index contributed by atoms with van der Waals surface area (Å²) in [5.74, 6) is 0. The van der Waals surface area contributed by atoms with Crippen molar-refractivity contribution in [3.05, 3.63) is 75.8 Å². The first kappa shape index (κ1) is 12.6. The summed E-state index contributed by atoms with van der Waals surface area (Å²) in [6.45, 7) is 0. The molecule has 1 unspecified atom stereocenters. The van der Waals surface area contributed by atoms with Crippen LogP contribution in [-0.4, -0.2) is 4.92 Å². The first-order valence-electron chi connectivity index (χ1n) is 5.59. The Morgan fingerprint density at radius 3 is 2.22 bits per heavy atom. The molecule has 2 aromatic rings. The standard InChI is InChI=1S/C14H12ClNO2/c15-14(10-11-4-2-1-3-5-11)12-6-8-13(9-7-12)16(17)18/h1-9,14H,10H2. The number of nitrogens with zero attached hydrogens (tertiary/aromatic N) is 1. The fourth-order valence-electron chi connectivity index (χ4n) is 1.74. The summed E-state index contributed by atoms with van der Waals surface area (Å²) >= 11 is 6.30. The van der Waals surface area contributed by atoms with E-state index in [-0.39, 0.29) is 11.1 Å². The van der Waals surface area contributed by atoms with Crippen LogP contribution in [0.1, 0.15) is 16.5 Å². The van der Waals surface area contributed by atoms with E-state index in [9.17, 15) is 10.1 Å². The molecule has 0 fully saturated rings. The van der Waals surface area contributed by atoms with E-state index < -0.39 is 4.92 Å². The third kappa shape index (κ3) is 3.08. The van der Waals surface area contributed by atoms with E-state index in [1.807, 2.05) is 30.3 Å². The molecule has 0 spiro atoms. The first-order valence-corrected chi connectivity index (χ1v) is 6.03. The van der Waals surface area contributed by atoms with Gasteiger partial charge in [-0.15, -0.1) is 11.6 Å². The van der Waals surface area contributed by atoms with Crippen molar-refractivity contribution < 1.29 is 4.92 Å². The molecule has 0 aliphatic heterocycles. The van der Waals surface area contributed by atoms with Crippen LogP contribution < -0.4 is 0 Å². The lowest BCUT2D eigenvalue weighted by atomic mass is 10.0. The van der Waals surface area contributed by atoms with Crippen molar-refractivity contribution in [2.75, 3.05) is 0 Å². The van der Waals surface area contributed by atoms with Crippen molar-refractivity contribution >= 4 is 17.3 Å². The minimum atomic E-state index is -0.412. The monoisotopic (exact) mass is 261 g/mol. The van der Waals surface area contributed by atoms with Crippen LogP contribution in [0.5, 0.6) is 0 Å². The largest absolute Gasteiger partial charge is 0.269 e. The minimum Gasteiger partial charge on any atom is -0.258 e. The van der Waals surface area contributed by atoms with Crippen molar-refractivity contribution in [2.24, 2.45) is 0 Å². The Kier molecular flexibility index (Phi) is 3.95. The summed E-state index contributed by atoms with van der Waals surface area (Å²) < 4.78 is 0. The fourth-order valence-corrected chi connectivity index (χ4v) is 2.07. The average Bonchev–Trinajstić information content (AvgIpc) is 2.40. The summed E-state index contributed by atoms with van der Waals surface area (Å²) in [7, 11) is 0. The molecule has 0 saturated heterocycles. The zero-order valence-corrected chi connectivity index (χ0v) is 10.4. The Morgan fingerprint density at radius 2 is 1.67 bits per heavy atom. The lowest BCUT2D eigenvalue weighted by Gasteiger charge is -2.09. The molecule has 92 valence electrons. The number of hydrogen-bond acceptors (Lipinski definition) is 2. The van der Waals surface area contributed by atoms with Crippen LogP contribution in [0.3, 0.4) is 0 Å². The van der Waals surface area contributed by atoms with E-state index in [0.29, 0.717) is 6.42 Å². The summed E-state index contributed by atoms with van der Waals surface area (Å²) in [4.78, 5) is 10.1. The molecule has 3 nitrogen and oxygen atoms in total. The number of benzene rings is 2. The minimum absolute atomic E-state index is 0.0855. The third-order valence-electron chi connectivity index (χ3n) is 2.72. The third-order valence-corrected chi connectivity index (χ3v) is 3.13.